The molecule has 1 aliphatic rings. The number of hydrogen-bond acceptors (Lipinski definition) is 5. The van der Waals surface area contributed by atoms with E-state index in [1.54, 1.807) is 19.2 Å². The number of fused-ring (bicyclic) bond motifs is 2. The molecule has 0 spiro atoms. The maximum absolute atomic E-state index is 13.2. The molecule has 8 heteroatoms. The Balaban J connectivity index is 1.46. The Morgan fingerprint density at radius 1 is 1.00 bits per heavy atom. The molecule has 7 nitrogen and oxygen atoms in total. The molecule has 1 aliphatic heterocycles. The quantitative estimate of drug-likeness (QED) is 0.410. The van der Waals surface area contributed by atoms with E-state index in [0.717, 1.165) is 34.2 Å². The van der Waals surface area contributed by atoms with Crippen LogP contribution in [-0.4, -0.2) is 40.3 Å². The number of ether oxygens (including phenoxy) is 3. The molecule has 2 N–H and O–H groups in total. The highest BCUT2D eigenvalue weighted by Crippen LogP contribution is 2.34. The van der Waals surface area contributed by atoms with E-state index in [-0.39, 0.29) is 17.4 Å². The first kappa shape index (κ1) is 22.3. The van der Waals surface area contributed by atoms with Crippen molar-refractivity contribution in [2.45, 2.75) is 17.2 Å². The summed E-state index contributed by atoms with van der Waals surface area (Å²) < 4.78 is 45.9. The molecule has 0 bridgehead atoms. The van der Waals surface area contributed by atoms with Crippen molar-refractivity contribution in [3.63, 3.8) is 0 Å². The number of sulfonamides is 1. The molecule has 1 atom stereocenters. The maximum atomic E-state index is 13.2. The number of nitrogens with one attached hydrogen (secondary N) is 2. The Bertz CT molecular complexity index is 1400. The zero-order valence-electron chi connectivity index (χ0n) is 18.8. The second-order valence-electron chi connectivity index (χ2n) is 8.13. The summed E-state index contributed by atoms with van der Waals surface area (Å²) in [6, 6.07) is 20.4. The van der Waals surface area contributed by atoms with Crippen LogP contribution >= 0.6 is 0 Å². The average molecular weight is 479 g/mol. The van der Waals surface area contributed by atoms with Crippen LogP contribution in [0.4, 0.5) is 0 Å². The van der Waals surface area contributed by atoms with Gasteiger partial charge in [-0.1, -0.05) is 30.3 Å². The number of benzene rings is 3. The van der Waals surface area contributed by atoms with Gasteiger partial charge in [0.15, 0.2) is 11.5 Å². The van der Waals surface area contributed by atoms with E-state index in [0.29, 0.717) is 24.7 Å². The molecule has 5 rings (SSSR count). The van der Waals surface area contributed by atoms with Gasteiger partial charge in [0, 0.05) is 42.0 Å². The van der Waals surface area contributed by atoms with Crippen LogP contribution in [0.15, 0.2) is 77.8 Å². The van der Waals surface area contributed by atoms with Gasteiger partial charge in [0.25, 0.3) is 0 Å². The molecule has 34 heavy (non-hydrogen) atoms. The second kappa shape index (κ2) is 9.40. The zero-order chi connectivity index (χ0) is 23.5. The van der Waals surface area contributed by atoms with Gasteiger partial charge in [0.2, 0.25) is 10.0 Å². The Labute approximate surface area is 198 Å². The van der Waals surface area contributed by atoms with Gasteiger partial charge in [-0.05, 0) is 41.5 Å². The first-order chi connectivity index (χ1) is 16.5. The minimum atomic E-state index is -3.79. The average Bonchev–Trinajstić information content (AvgIpc) is 3.14. The smallest absolute Gasteiger partial charge is 0.240 e. The maximum Gasteiger partial charge on any atom is 0.240 e. The van der Waals surface area contributed by atoms with Crippen molar-refractivity contribution >= 4 is 20.9 Å². The Hall–Kier alpha value is -3.49. The lowest BCUT2D eigenvalue weighted by Crippen LogP contribution is -2.29. The fourth-order valence-electron chi connectivity index (χ4n) is 4.21. The van der Waals surface area contributed by atoms with E-state index < -0.39 is 10.0 Å². The van der Waals surface area contributed by atoms with Crippen molar-refractivity contribution in [1.29, 1.82) is 0 Å². The minimum absolute atomic E-state index is 0.143. The predicted octanol–water partition coefficient (Wildman–Crippen LogP) is 4.45. The summed E-state index contributed by atoms with van der Waals surface area (Å²) >= 11 is 0. The minimum Gasteiger partial charge on any atom is -0.497 e. The second-order valence-corrected chi connectivity index (χ2v) is 9.89. The number of aromatic nitrogens is 1. The first-order valence-electron chi connectivity index (χ1n) is 11.1. The van der Waals surface area contributed by atoms with Crippen LogP contribution in [0.1, 0.15) is 23.5 Å². The van der Waals surface area contributed by atoms with Crippen LogP contribution in [0, 0.1) is 0 Å². The molecule has 0 amide bonds. The number of rotatable bonds is 7. The molecule has 0 radical (unpaired) electrons. The van der Waals surface area contributed by atoms with Crippen LogP contribution in [0.2, 0.25) is 0 Å². The van der Waals surface area contributed by atoms with Gasteiger partial charge in [-0.15, -0.1) is 0 Å². The molecule has 0 fully saturated rings. The number of aromatic amines is 1. The SMILES string of the molecule is COc1ccc(C(CNS(=O)(=O)c2ccc3c(c2)OCCCO3)c2c[nH]c3ccccc23)cc1. The van der Waals surface area contributed by atoms with Gasteiger partial charge >= 0.3 is 0 Å². The topological polar surface area (TPSA) is 89.7 Å². The van der Waals surface area contributed by atoms with Gasteiger partial charge < -0.3 is 19.2 Å². The van der Waals surface area contributed by atoms with Crippen molar-refractivity contribution in [3.05, 3.63) is 84.1 Å². The fourth-order valence-corrected chi connectivity index (χ4v) is 5.28. The highest BCUT2D eigenvalue weighted by atomic mass is 32.2. The molecule has 0 saturated heterocycles. The number of para-hydroxylation sites is 1. The summed E-state index contributed by atoms with van der Waals surface area (Å²) in [6.45, 7) is 1.22. The Kier molecular flexibility index (Phi) is 6.17. The molecule has 4 aromatic rings. The third-order valence-electron chi connectivity index (χ3n) is 6.02. The van der Waals surface area contributed by atoms with E-state index >= 15 is 0 Å². The summed E-state index contributed by atoms with van der Waals surface area (Å²) in [6.07, 6.45) is 2.70. The molecule has 0 saturated carbocycles. The van der Waals surface area contributed by atoms with Gasteiger partial charge in [-0.3, -0.25) is 0 Å². The van der Waals surface area contributed by atoms with Gasteiger partial charge in [0.05, 0.1) is 25.2 Å². The Morgan fingerprint density at radius 2 is 1.76 bits per heavy atom. The summed E-state index contributed by atoms with van der Waals surface area (Å²) in [7, 11) is -2.17. The fraction of sp³-hybridized carbons (Fsp3) is 0.231. The third kappa shape index (κ3) is 4.47. The van der Waals surface area contributed by atoms with Crippen molar-refractivity contribution in [2.24, 2.45) is 0 Å². The molecule has 3 aromatic carbocycles. The lowest BCUT2D eigenvalue weighted by atomic mass is 9.91. The zero-order valence-corrected chi connectivity index (χ0v) is 19.6. The number of methoxy groups -OCH3 is 1. The van der Waals surface area contributed by atoms with Gasteiger partial charge in [-0.2, -0.15) is 0 Å². The summed E-state index contributed by atoms with van der Waals surface area (Å²) in [4.78, 5) is 3.44. The van der Waals surface area contributed by atoms with Crippen molar-refractivity contribution in [1.82, 2.24) is 9.71 Å². The third-order valence-corrected chi connectivity index (χ3v) is 7.44. The van der Waals surface area contributed by atoms with Crippen LogP contribution in [0.3, 0.4) is 0 Å². The van der Waals surface area contributed by atoms with Crippen molar-refractivity contribution in [2.75, 3.05) is 26.9 Å². The van der Waals surface area contributed by atoms with Crippen LogP contribution < -0.4 is 18.9 Å². The number of hydrogen-bond donors (Lipinski definition) is 2. The van der Waals surface area contributed by atoms with E-state index in [1.165, 1.54) is 6.07 Å². The summed E-state index contributed by atoms with van der Waals surface area (Å²) in [5, 5.41) is 1.05. The highest BCUT2D eigenvalue weighted by Gasteiger charge is 2.23. The highest BCUT2D eigenvalue weighted by molar-refractivity contribution is 7.89. The van der Waals surface area contributed by atoms with Crippen molar-refractivity contribution < 1.29 is 22.6 Å². The van der Waals surface area contributed by atoms with Gasteiger partial charge in [-0.25, -0.2) is 13.1 Å². The number of H-pyrrole nitrogens is 1. The van der Waals surface area contributed by atoms with Crippen LogP contribution in [-0.2, 0) is 10.0 Å². The molecule has 2 heterocycles. The van der Waals surface area contributed by atoms with Crippen LogP contribution in [0.5, 0.6) is 17.2 Å². The molecule has 0 aliphatic carbocycles. The largest absolute Gasteiger partial charge is 0.497 e. The van der Waals surface area contributed by atoms with Crippen molar-refractivity contribution in [3.8, 4) is 17.2 Å². The lowest BCUT2D eigenvalue weighted by molar-refractivity contribution is 0.297. The van der Waals surface area contributed by atoms with E-state index in [4.69, 9.17) is 14.2 Å². The first-order valence-corrected chi connectivity index (χ1v) is 12.6. The normalized spacial score (nSPS) is 14.5. The van der Waals surface area contributed by atoms with E-state index in [1.807, 2.05) is 54.7 Å². The van der Waals surface area contributed by atoms with E-state index in [2.05, 4.69) is 9.71 Å². The van der Waals surface area contributed by atoms with E-state index in [9.17, 15) is 8.42 Å². The molecular weight excluding hydrogens is 452 g/mol. The molecule has 176 valence electrons. The standard InChI is InChI=1S/C26H26N2O5S/c1-31-19-9-7-18(8-10-19)22(23-16-27-24-6-3-2-5-21(23)24)17-28-34(29,30)20-11-12-25-26(15-20)33-14-4-13-32-25/h2-3,5-12,15-16,22,27-28H,4,13-14,17H2,1H3. The van der Waals surface area contributed by atoms with Gasteiger partial charge in [0.1, 0.15) is 5.75 Å². The molecular formula is C26H26N2O5S. The summed E-state index contributed by atoms with van der Waals surface area (Å²) in [5.41, 5.74) is 3.00. The summed E-state index contributed by atoms with van der Waals surface area (Å²) in [5.74, 6) is 1.54. The Morgan fingerprint density at radius 3 is 2.56 bits per heavy atom. The predicted molar refractivity (Wildman–Crippen MR) is 130 cm³/mol. The monoisotopic (exact) mass is 478 g/mol. The van der Waals surface area contributed by atoms with Crippen LogP contribution in [0.25, 0.3) is 10.9 Å². The lowest BCUT2D eigenvalue weighted by Gasteiger charge is -2.19. The molecule has 1 aromatic heterocycles. The molecule has 1 unspecified atom stereocenters.